The van der Waals surface area contributed by atoms with E-state index in [0.717, 1.165) is 29.9 Å². The molecule has 1 fully saturated rings. The molecule has 1 saturated heterocycles. The van der Waals surface area contributed by atoms with Gasteiger partial charge >= 0.3 is 0 Å². The Morgan fingerprint density at radius 2 is 1.59 bits per heavy atom. The highest BCUT2D eigenvalue weighted by atomic mass is 16.7. The van der Waals surface area contributed by atoms with E-state index in [1.165, 1.54) is 6.42 Å². The van der Waals surface area contributed by atoms with Gasteiger partial charge in [0.15, 0.2) is 0 Å². The van der Waals surface area contributed by atoms with Crippen molar-refractivity contribution in [3.8, 4) is 5.69 Å². The number of nitrogens with zero attached hydrogens (tertiary/aromatic N) is 3. The molecule has 0 saturated carbocycles. The van der Waals surface area contributed by atoms with Gasteiger partial charge in [-0.05, 0) is 65.2 Å². The molecule has 2 heterocycles. The van der Waals surface area contributed by atoms with Crippen LogP contribution in [0.1, 0.15) is 79.1 Å². The maximum absolute atomic E-state index is 6.46. The van der Waals surface area contributed by atoms with Crippen LogP contribution in [0.2, 0.25) is 0 Å². The number of hydroxylamine groups is 2. The second-order valence-corrected chi connectivity index (χ2v) is 10.1. The van der Waals surface area contributed by atoms with Crippen LogP contribution in [0, 0.1) is 0 Å². The number of rotatable bonds is 4. The zero-order valence-electron chi connectivity index (χ0n) is 18.0. The summed E-state index contributed by atoms with van der Waals surface area (Å²) in [5.74, 6) is 0. The minimum Gasteiger partial charge on any atom is -0.292 e. The predicted molar refractivity (Wildman–Crippen MR) is 111 cm³/mol. The first kappa shape index (κ1) is 20.1. The smallest absolute Gasteiger partial charge is 0.111 e. The Labute approximate surface area is 164 Å². The Hall–Kier alpha value is -1.65. The normalized spacial score (nSPS) is 20.0. The van der Waals surface area contributed by atoms with Gasteiger partial charge in [-0.15, -0.1) is 0 Å². The van der Waals surface area contributed by atoms with Gasteiger partial charge in [0.25, 0.3) is 0 Å². The molecular weight excluding hydrogens is 334 g/mol. The molecule has 0 bridgehead atoms. The third-order valence-corrected chi connectivity index (χ3v) is 5.57. The van der Waals surface area contributed by atoms with Crippen molar-refractivity contribution in [1.29, 1.82) is 0 Å². The Morgan fingerprint density at radius 1 is 1.00 bits per heavy atom. The van der Waals surface area contributed by atoms with E-state index in [2.05, 4.69) is 83.9 Å². The van der Waals surface area contributed by atoms with Gasteiger partial charge in [0, 0.05) is 16.5 Å². The van der Waals surface area contributed by atoms with E-state index < -0.39 is 0 Å². The van der Waals surface area contributed by atoms with Crippen molar-refractivity contribution in [2.24, 2.45) is 0 Å². The highest BCUT2D eigenvalue weighted by Gasteiger charge is 2.42. The van der Waals surface area contributed by atoms with E-state index >= 15 is 0 Å². The minimum absolute atomic E-state index is 0.00154. The maximum Gasteiger partial charge on any atom is 0.111 e. The minimum atomic E-state index is -0.00154. The van der Waals surface area contributed by atoms with Crippen molar-refractivity contribution >= 4 is 0 Å². The van der Waals surface area contributed by atoms with E-state index in [0.29, 0.717) is 6.61 Å². The van der Waals surface area contributed by atoms with Crippen LogP contribution < -0.4 is 0 Å². The second-order valence-electron chi connectivity index (χ2n) is 10.1. The fraction of sp³-hybridized carbons (Fsp3) is 0.609. The molecule has 1 aliphatic rings. The Balaban J connectivity index is 1.91. The molecule has 0 radical (unpaired) electrons. The quantitative estimate of drug-likeness (QED) is 0.698. The van der Waals surface area contributed by atoms with Crippen molar-refractivity contribution in [3.63, 3.8) is 0 Å². The van der Waals surface area contributed by atoms with E-state index in [-0.39, 0.29) is 16.5 Å². The molecular formula is C23H35N3O. The molecule has 4 nitrogen and oxygen atoms in total. The second kappa shape index (κ2) is 7.06. The molecule has 0 atom stereocenters. The highest BCUT2D eigenvalue weighted by molar-refractivity contribution is 5.34. The summed E-state index contributed by atoms with van der Waals surface area (Å²) < 4.78 is 2.03. The third kappa shape index (κ3) is 4.27. The zero-order chi connectivity index (χ0) is 19.9. The SMILES string of the molecule is CC(C)(C)c1cc(CON2C(C)(C)CCCC2(C)C)n(-c2ccccc2)n1. The van der Waals surface area contributed by atoms with Crippen LogP contribution in [-0.4, -0.2) is 25.9 Å². The molecule has 4 heteroatoms. The van der Waals surface area contributed by atoms with Gasteiger partial charge in [-0.25, -0.2) is 4.68 Å². The highest BCUT2D eigenvalue weighted by Crippen LogP contribution is 2.38. The van der Waals surface area contributed by atoms with E-state index in [4.69, 9.17) is 9.94 Å². The topological polar surface area (TPSA) is 30.3 Å². The lowest BCUT2D eigenvalue weighted by atomic mass is 9.82. The van der Waals surface area contributed by atoms with Crippen LogP contribution in [0.15, 0.2) is 36.4 Å². The van der Waals surface area contributed by atoms with Gasteiger partial charge in [0.2, 0.25) is 0 Å². The first-order chi connectivity index (χ1) is 12.5. The average molecular weight is 370 g/mol. The number of benzene rings is 1. The van der Waals surface area contributed by atoms with Crippen LogP contribution in [0.5, 0.6) is 0 Å². The number of hydrogen-bond acceptors (Lipinski definition) is 3. The lowest BCUT2D eigenvalue weighted by Crippen LogP contribution is -2.58. The van der Waals surface area contributed by atoms with Crippen LogP contribution >= 0.6 is 0 Å². The summed E-state index contributed by atoms with van der Waals surface area (Å²) in [6.45, 7) is 16.2. The van der Waals surface area contributed by atoms with Gasteiger partial charge in [-0.2, -0.15) is 10.2 Å². The number of aromatic nitrogens is 2. The van der Waals surface area contributed by atoms with Gasteiger partial charge < -0.3 is 0 Å². The molecule has 2 aromatic rings. The van der Waals surface area contributed by atoms with Crippen LogP contribution in [-0.2, 0) is 16.9 Å². The van der Waals surface area contributed by atoms with Crippen LogP contribution in [0.4, 0.5) is 0 Å². The van der Waals surface area contributed by atoms with Crippen molar-refractivity contribution in [3.05, 3.63) is 47.8 Å². The van der Waals surface area contributed by atoms with E-state index in [1.54, 1.807) is 0 Å². The van der Waals surface area contributed by atoms with Crippen molar-refractivity contribution in [1.82, 2.24) is 14.8 Å². The average Bonchev–Trinajstić information content (AvgIpc) is 2.98. The predicted octanol–water partition coefficient (Wildman–Crippen LogP) is 5.64. The van der Waals surface area contributed by atoms with Gasteiger partial charge in [-0.3, -0.25) is 4.84 Å². The summed E-state index contributed by atoms with van der Waals surface area (Å²) in [5.41, 5.74) is 3.31. The molecule has 0 spiro atoms. The molecule has 1 aromatic heterocycles. The van der Waals surface area contributed by atoms with Crippen molar-refractivity contribution < 1.29 is 4.84 Å². The molecule has 0 unspecified atom stereocenters. The summed E-state index contributed by atoms with van der Waals surface area (Å²) in [4.78, 5) is 6.46. The fourth-order valence-electron chi connectivity index (χ4n) is 4.14. The molecule has 0 amide bonds. The maximum atomic E-state index is 6.46. The summed E-state index contributed by atoms with van der Waals surface area (Å²) >= 11 is 0. The molecule has 27 heavy (non-hydrogen) atoms. The Kier molecular flexibility index (Phi) is 5.26. The van der Waals surface area contributed by atoms with Gasteiger partial charge in [0.05, 0.1) is 17.1 Å². The van der Waals surface area contributed by atoms with Gasteiger partial charge in [0.1, 0.15) is 6.61 Å². The van der Waals surface area contributed by atoms with Crippen molar-refractivity contribution in [2.45, 2.75) is 90.8 Å². The fourth-order valence-corrected chi connectivity index (χ4v) is 4.14. The number of para-hydroxylation sites is 1. The Bertz CT molecular complexity index is 753. The van der Waals surface area contributed by atoms with E-state index in [9.17, 15) is 0 Å². The largest absolute Gasteiger partial charge is 0.292 e. The third-order valence-electron chi connectivity index (χ3n) is 5.57. The van der Waals surface area contributed by atoms with E-state index in [1.807, 2.05) is 10.7 Å². The molecule has 1 aromatic carbocycles. The standard InChI is InChI=1S/C23H35N3O/c1-21(2,3)20-16-19(25(24-20)18-12-9-8-10-13-18)17-27-26-22(4,5)14-11-15-23(26,6)7/h8-10,12-13,16H,11,14-15,17H2,1-7H3. The molecule has 0 N–H and O–H groups in total. The van der Waals surface area contributed by atoms with Gasteiger partial charge in [-0.1, -0.05) is 39.0 Å². The van der Waals surface area contributed by atoms with Crippen LogP contribution in [0.3, 0.4) is 0 Å². The summed E-state index contributed by atoms with van der Waals surface area (Å²) in [6, 6.07) is 12.5. The number of hydrogen-bond donors (Lipinski definition) is 0. The Morgan fingerprint density at radius 3 is 2.15 bits per heavy atom. The molecule has 3 rings (SSSR count). The van der Waals surface area contributed by atoms with Crippen molar-refractivity contribution in [2.75, 3.05) is 0 Å². The van der Waals surface area contributed by atoms with Crippen LogP contribution in [0.25, 0.3) is 5.69 Å². The molecule has 0 aliphatic carbocycles. The first-order valence-electron chi connectivity index (χ1n) is 10.1. The summed E-state index contributed by atoms with van der Waals surface area (Å²) in [5, 5.41) is 7.13. The first-order valence-corrected chi connectivity index (χ1v) is 10.1. The number of piperidine rings is 1. The molecule has 148 valence electrons. The monoisotopic (exact) mass is 369 g/mol. The molecule has 1 aliphatic heterocycles. The lowest BCUT2D eigenvalue weighted by Gasteiger charge is -2.51. The summed E-state index contributed by atoms with van der Waals surface area (Å²) in [6.07, 6.45) is 3.55. The lowest BCUT2D eigenvalue weighted by molar-refractivity contribution is -0.288. The summed E-state index contributed by atoms with van der Waals surface area (Å²) in [7, 11) is 0. The zero-order valence-corrected chi connectivity index (χ0v) is 18.0.